The third-order valence-electron chi connectivity index (χ3n) is 8.79. The van der Waals surface area contributed by atoms with E-state index in [9.17, 15) is 14.4 Å². The molecule has 4 heterocycles. The van der Waals surface area contributed by atoms with E-state index in [0.717, 1.165) is 55.4 Å². The van der Waals surface area contributed by atoms with Gasteiger partial charge in [-0.2, -0.15) is 0 Å². The minimum Gasteiger partial charge on any atom is -0.399 e. The first-order chi connectivity index (χ1) is 27.1. The molecule has 0 aliphatic heterocycles. The number of anilines is 6. The molecule has 0 atom stereocenters. The van der Waals surface area contributed by atoms with Crippen LogP contribution in [0.1, 0.15) is 11.1 Å². The van der Waals surface area contributed by atoms with Crippen LogP contribution in [0.2, 0.25) is 0 Å². The molecule has 276 valence electrons. The number of hydrogen-bond acceptors (Lipinski definition) is 10. The van der Waals surface area contributed by atoms with Gasteiger partial charge in [-0.05, 0) is 115 Å². The Bertz CT molecular complexity index is 2880. The van der Waals surface area contributed by atoms with Crippen LogP contribution < -0.4 is 32.8 Å². The van der Waals surface area contributed by atoms with Gasteiger partial charge < -0.3 is 31.7 Å². The summed E-state index contributed by atoms with van der Waals surface area (Å²) < 4.78 is 0. The van der Waals surface area contributed by atoms with Crippen LogP contribution in [-0.4, -0.2) is 35.8 Å². The average molecular weight is 741 g/mol. The number of benzene rings is 4. The number of amides is 1. The van der Waals surface area contributed by atoms with Crippen molar-refractivity contribution in [2.24, 2.45) is 0 Å². The molecule has 0 aliphatic rings. The predicted molar refractivity (Wildman–Crippen MR) is 223 cm³/mol. The molecule has 4 aromatic carbocycles. The van der Waals surface area contributed by atoms with Crippen molar-refractivity contribution in [1.82, 2.24) is 29.9 Å². The number of nitrogen functional groups attached to an aromatic ring is 1. The van der Waals surface area contributed by atoms with Crippen LogP contribution >= 0.6 is 0 Å². The normalized spacial score (nSPS) is 10.7. The number of nitrogens with zero attached hydrogens (tertiary/aromatic N) is 4. The fourth-order valence-corrected chi connectivity index (χ4v) is 6.11. The third kappa shape index (κ3) is 8.32. The molecule has 1 amide bonds. The summed E-state index contributed by atoms with van der Waals surface area (Å²) in [6, 6.07) is 29.8. The smallest absolute Gasteiger partial charge is 0.256 e. The first-order valence-corrected chi connectivity index (χ1v) is 17.5. The molecule has 8 aromatic rings. The molecule has 8 rings (SSSR count). The number of aromatic nitrogens is 6. The van der Waals surface area contributed by atoms with Crippen LogP contribution in [-0.2, 0) is 4.79 Å². The molecule has 0 saturated carbocycles. The Morgan fingerprint density at radius 1 is 0.661 bits per heavy atom. The fraction of sp³-hybridized carbons (Fsp3) is 0.0465. The lowest BCUT2D eigenvalue weighted by atomic mass is 10.0. The van der Waals surface area contributed by atoms with E-state index in [2.05, 4.69) is 52.4 Å². The molecule has 13 nitrogen and oxygen atoms in total. The molecule has 13 heteroatoms. The van der Waals surface area contributed by atoms with E-state index < -0.39 is 0 Å². The summed E-state index contributed by atoms with van der Waals surface area (Å²) in [5, 5.41) is 10.7. The van der Waals surface area contributed by atoms with Gasteiger partial charge in [0.2, 0.25) is 17.8 Å². The minimum absolute atomic E-state index is 0.106. The number of aryl methyl sites for hydroxylation is 2. The van der Waals surface area contributed by atoms with Gasteiger partial charge in [0, 0.05) is 69.4 Å². The molecule has 56 heavy (non-hydrogen) atoms. The highest BCUT2D eigenvalue weighted by Crippen LogP contribution is 2.26. The summed E-state index contributed by atoms with van der Waals surface area (Å²) in [7, 11) is 0. The minimum atomic E-state index is -0.280. The zero-order valence-electron chi connectivity index (χ0n) is 30.4. The van der Waals surface area contributed by atoms with Gasteiger partial charge in [-0.3, -0.25) is 14.4 Å². The summed E-state index contributed by atoms with van der Waals surface area (Å²) in [5.41, 5.74) is 14.8. The number of hydrogen-bond donors (Lipinski definition) is 6. The van der Waals surface area contributed by atoms with Crippen molar-refractivity contribution < 1.29 is 4.79 Å². The van der Waals surface area contributed by atoms with Crippen LogP contribution in [0.3, 0.4) is 0 Å². The summed E-state index contributed by atoms with van der Waals surface area (Å²) in [4.78, 5) is 59.1. The summed E-state index contributed by atoms with van der Waals surface area (Å²) in [5.74, 6) is 0.637. The van der Waals surface area contributed by atoms with E-state index in [4.69, 9.17) is 5.73 Å². The molecule has 7 N–H and O–H groups in total. The maximum Gasteiger partial charge on any atom is 0.256 e. The third-order valence-corrected chi connectivity index (χ3v) is 8.79. The second-order valence-electron chi connectivity index (χ2n) is 12.8. The van der Waals surface area contributed by atoms with Crippen molar-refractivity contribution in [3.8, 4) is 22.3 Å². The van der Waals surface area contributed by atoms with Gasteiger partial charge in [0.25, 0.3) is 11.1 Å². The van der Waals surface area contributed by atoms with Crippen LogP contribution in [0.4, 0.5) is 34.6 Å². The zero-order chi connectivity index (χ0) is 39.2. The Hall–Kier alpha value is -7.93. The van der Waals surface area contributed by atoms with E-state index in [0.29, 0.717) is 34.4 Å². The number of carbonyl (C=O) groups excluding carboxylic acids is 1. The Balaban J connectivity index is 0.000000173. The maximum absolute atomic E-state index is 12.2. The lowest BCUT2D eigenvalue weighted by molar-refractivity contribution is -0.111. The van der Waals surface area contributed by atoms with Crippen LogP contribution in [0, 0.1) is 13.8 Å². The Labute approximate surface area is 320 Å². The molecule has 0 saturated heterocycles. The number of pyridine rings is 2. The number of H-pyrrole nitrogens is 2. The van der Waals surface area contributed by atoms with Crippen LogP contribution in [0.15, 0.2) is 144 Å². The van der Waals surface area contributed by atoms with Gasteiger partial charge in [-0.15, -0.1) is 0 Å². The molecule has 0 aliphatic carbocycles. The van der Waals surface area contributed by atoms with Gasteiger partial charge in [0.1, 0.15) is 0 Å². The van der Waals surface area contributed by atoms with Crippen molar-refractivity contribution in [3.63, 3.8) is 0 Å². The number of rotatable bonds is 8. The van der Waals surface area contributed by atoms with Crippen LogP contribution in [0.5, 0.6) is 0 Å². The van der Waals surface area contributed by atoms with E-state index in [1.54, 1.807) is 36.9 Å². The molecular formula is C43H36N10O3. The second kappa shape index (κ2) is 16.0. The molecule has 4 aromatic heterocycles. The molecular weight excluding hydrogens is 705 g/mol. The number of nitrogens with one attached hydrogen (secondary N) is 5. The summed E-state index contributed by atoms with van der Waals surface area (Å²) in [6.45, 7) is 7.27. The van der Waals surface area contributed by atoms with Gasteiger partial charge in [0.15, 0.2) is 0 Å². The SMILES string of the molecule is C=CC(=O)Nc1cccc(Nc2ncc3cc(-c4c(C)cc[nH]c4=O)ccc3n2)c1.Cc1cc[nH]c(=O)c1-c1ccc2nc(Nc3cccc(N)c3)ncc2c1. The fourth-order valence-electron chi connectivity index (χ4n) is 6.11. The topological polar surface area (TPSA) is 196 Å². The van der Waals surface area contributed by atoms with Crippen LogP contribution in [0.25, 0.3) is 44.1 Å². The lowest BCUT2D eigenvalue weighted by Crippen LogP contribution is -2.09. The molecule has 0 radical (unpaired) electrons. The second-order valence-corrected chi connectivity index (χ2v) is 12.8. The zero-order valence-corrected chi connectivity index (χ0v) is 30.4. The largest absolute Gasteiger partial charge is 0.399 e. The van der Waals surface area contributed by atoms with Gasteiger partial charge in [0.05, 0.1) is 11.0 Å². The van der Waals surface area contributed by atoms with Crippen molar-refractivity contribution in [2.75, 3.05) is 21.7 Å². The van der Waals surface area contributed by atoms with Crippen molar-refractivity contribution in [2.45, 2.75) is 13.8 Å². The van der Waals surface area contributed by atoms with Gasteiger partial charge >= 0.3 is 0 Å². The highest BCUT2D eigenvalue weighted by atomic mass is 16.1. The molecule has 0 spiro atoms. The highest BCUT2D eigenvalue weighted by Gasteiger charge is 2.11. The quantitative estimate of drug-likeness (QED) is 0.0661. The average Bonchev–Trinajstić information content (AvgIpc) is 3.18. The molecule has 0 fully saturated rings. The molecule has 0 bridgehead atoms. The van der Waals surface area contributed by atoms with E-state index in [1.807, 2.05) is 98.8 Å². The van der Waals surface area contributed by atoms with E-state index in [-0.39, 0.29) is 17.0 Å². The Morgan fingerprint density at radius 3 is 1.66 bits per heavy atom. The van der Waals surface area contributed by atoms with Crippen molar-refractivity contribution in [3.05, 3.63) is 166 Å². The first-order valence-electron chi connectivity index (χ1n) is 17.5. The maximum atomic E-state index is 12.2. The standard InChI is InChI=1S/C23H19N5O2.C20H17N5O/c1-3-20(29)26-17-5-4-6-18(12-17)27-23-25-13-16-11-15(7-8-19(16)28-23)21-14(2)9-10-24-22(21)30;1-12-7-8-22-19(26)18(12)13-5-6-17-14(9-13)11-23-20(25-17)24-16-4-2-3-15(21)10-16/h3-13H,1H2,2H3,(H,24,30)(H,26,29)(H,25,27,28);2-11H,21H2,1H3,(H,22,26)(H,23,24,25). The number of fused-ring (bicyclic) bond motifs is 2. The number of carbonyl (C=O) groups is 1. The van der Waals surface area contributed by atoms with Crippen molar-refractivity contribution in [1.29, 1.82) is 0 Å². The predicted octanol–water partition coefficient (Wildman–Crippen LogP) is 7.78. The number of aromatic amines is 2. The Morgan fingerprint density at radius 2 is 1.16 bits per heavy atom. The number of nitrogens with two attached hydrogens (primary N) is 1. The monoisotopic (exact) mass is 740 g/mol. The van der Waals surface area contributed by atoms with Gasteiger partial charge in [-0.25, -0.2) is 19.9 Å². The summed E-state index contributed by atoms with van der Waals surface area (Å²) in [6.07, 6.45) is 7.96. The first kappa shape index (κ1) is 36.4. The Kier molecular flexibility index (Phi) is 10.4. The molecule has 0 unspecified atom stereocenters. The summed E-state index contributed by atoms with van der Waals surface area (Å²) >= 11 is 0. The lowest BCUT2D eigenvalue weighted by Gasteiger charge is -2.09. The van der Waals surface area contributed by atoms with Gasteiger partial charge in [-0.1, -0.05) is 30.8 Å². The van der Waals surface area contributed by atoms with E-state index >= 15 is 0 Å². The van der Waals surface area contributed by atoms with Crippen molar-refractivity contribution >= 4 is 62.4 Å². The highest BCUT2D eigenvalue weighted by molar-refractivity contribution is 5.99. The van der Waals surface area contributed by atoms with E-state index in [1.165, 1.54) is 6.08 Å².